The zero-order valence-electron chi connectivity index (χ0n) is 11.5. The van der Waals surface area contributed by atoms with Gasteiger partial charge in [-0.1, -0.05) is 18.2 Å². The summed E-state index contributed by atoms with van der Waals surface area (Å²) in [5, 5.41) is 9.29. The number of rotatable bonds is 4. The highest BCUT2D eigenvalue weighted by Gasteiger charge is 2.35. The van der Waals surface area contributed by atoms with E-state index >= 15 is 0 Å². The molecule has 1 unspecified atom stereocenters. The van der Waals surface area contributed by atoms with Crippen molar-refractivity contribution in [1.82, 2.24) is 0 Å². The van der Waals surface area contributed by atoms with Crippen LogP contribution in [0.3, 0.4) is 0 Å². The Morgan fingerprint density at radius 3 is 2.84 bits per heavy atom. The van der Waals surface area contributed by atoms with Gasteiger partial charge >= 0.3 is 5.97 Å². The van der Waals surface area contributed by atoms with Crippen molar-refractivity contribution in [3.8, 4) is 6.07 Å². The van der Waals surface area contributed by atoms with Gasteiger partial charge in [-0.05, 0) is 49.8 Å². The van der Waals surface area contributed by atoms with Crippen molar-refractivity contribution in [2.75, 3.05) is 6.61 Å². The van der Waals surface area contributed by atoms with E-state index in [1.54, 1.807) is 13.8 Å². The van der Waals surface area contributed by atoms with E-state index in [4.69, 9.17) is 4.74 Å². The van der Waals surface area contributed by atoms with Gasteiger partial charge in [-0.25, -0.2) is 0 Å². The molecule has 0 fully saturated rings. The van der Waals surface area contributed by atoms with E-state index in [-0.39, 0.29) is 0 Å². The van der Waals surface area contributed by atoms with Crippen molar-refractivity contribution in [2.45, 2.75) is 39.5 Å². The Morgan fingerprint density at radius 2 is 2.16 bits per heavy atom. The topological polar surface area (TPSA) is 50.1 Å². The van der Waals surface area contributed by atoms with Crippen LogP contribution in [0.2, 0.25) is 0 Å². The largest absolute Gasteiger partial charge is 0.465 e. The predicted molar refractivity (Wildman–Crippen MR) is 72.5 cm³/mol. The molecule has 0 bridgehead atoms. The van der Waals surface area contributed by atoms with Gasteiger partial charge in [-0.15, -0.1) is 0 Å². The molecule has 0 radical (unpaired) electrons. The van der Waals surface area contributed by atoms with Crippen LogP contribution in [0.15, 0.2) is 18.2 Å². The van der Waals surface area contributed by atoms with Crippen LogP contribution in [0.5, 0.6) is 0 Å². The van der Waals surface area contributed by atoms with Gasteiger partial charge in [0.05, 0.1) is 12.7 Å². The summed E-state index contributed by atoms with van der Waals surface area (Å²) in [7, 11) is 0. The summed E-state index contributed by atoms with van der Waals surface area (Å²) in [5.74, 6) is -0.432. The summed E-state index contributed by atoms with van der Waals surface area (Å²) in [6.45, 7) is 3.71. The Labute approximate surface area is 114 Å². The molecule has 0 aliphatic heterocycles. The summed E-state index contributed by atoms with van der Waals surface area (Å²) in [5.41, 5.74) is 2.71. The number of nitriles is 1. The quantitative estimate of drug-likeness (QED) is 0.779. The van der Waals surface area contributed by atoms with Crippen molar-refractivity contribution in [2.24, 2.45) is 5.41 Å². The molecule has 100 valence electrons. The summed E-state index contributed by atoms with van der Waals surface area (Å²) in [6.07, 6.45) is 3.86. The van der Waals surface area contributed by atoms with Crippen LogP contribution in [0.1, 0.15) is 37.0 Å². The standard InChI is InChI=1S/C16H19NO2/c1-3-19-15(18)16(2,11-17)10-12-7-8-13-5-4-6-14(13)9-12/h7-9H,3-6,10H2,1-2H3. The van der Waals surface area contributed by atoms with Crippen LogP contribution < -0.4 is 0 Å². The fourth-order valence-corrected chi connectivity index (χ4v) is 2.59. The maximum atomic E-state index is 11.9. The lowest BCUT2D eigenvalue weighted by atomic mass is 9.84. The van der Waals surface area contributed by atoms with Crippen molar-refractivity contribution in [3.63, 3.8) is 0 Å². The Morgan fingerprint density at radius 1 is 1.42 bits per heavy atom. The summed E-state index contributed by atoms with van der Waals surface area (Å²) in [4.78, 5) is 11.9. The minimum Gasteiger partial charge on any atom is -0.465 e. The van der Waals surface area contributed by atoms with Gasteiger partial charge in [0.15, 0.2) is 5.41 Å². The molecule has 0 saturated carbocycles. The number of nitrogens with zero attached hydrogens (tertiary/aromatic N) is 1. The third-order valence-corrected chi connectivity index (χ3v) is 3.69. The zero-order valence-corrected chi connectivity index (χ0v) is 11.5. The molecule has 0 heterocycles. The van der Waals surface area contributed by atoms with Crippen LogP contribution in [-0.2, 0) is 28.8 Å². The van der Waals surface area contributed by atoms with E-state index < -0.39 is 11.4 Å². The van der Waals surface area contributed by atoms with Crippen LogP contribution in [0.25, 0.3) is 0 Å². The monoisotopic (exact) mass is 257 g/mol. The minimum atomic E-state index is -1.09. The second-order valence-electron chi connectivity index (χ2n) is 5.30. The Hall–Kier alpha value is -1.82. The van der Waals surface area contributed by atoms with Gasteiger partial charge in [-0.2, -0.15) is 5.26 Å². The first-order chi connectivity index (χ1) is 9.09. The molecule has 0 N–H and O–H groups in total. The lowest BCUT2D eigenvalue weighted by Gasteiger charge is -2.19. The number of hydrogen-bond donors (Lipinski definition) is 0. The highest BCUT2D eigenvalue weighted by atomic mass is 16.5. The van der Waals surface area contributed by atoms with Crippen LogP contribution in [0, 0.1) is 16.7 Å². The van der Waals surface area contributed by atoms with Gasteiger partial charge in [0.2, 0.25) is 0 Å². The van der Waals surface area contributed by atoms with Crippen LogP contribution in [-0.4, -0.2) is 12.6 Å². The second-order valence-corrected chi connectivity index (χ2v) is 5.30. The molecule has 0 amide bonds. The van der Waals surface area contributed by atoms with Crippen molar-refractivity contribution >= 4 is 5.97 Å². The molecular formula is C16H19NO2. The minimum absolute atomic E-state index is 0.306. The molecule has 0 saturated heterocycles. The van der Waals surface area contributed by atoms with E-state index in [1.807, 2.05) is 6.07 Å². The van der Waals surface area contributed by atoms with Gasteiger partial charge in [0.25, 0.3) is 0 Å². The molecule has 0 spiro atoms. The maximum absolute atomic E-state index is 11.9. The number of esters is 1. The Kier molecular flexibility index (Phi) is 3.90. The van der Waals surface area contributed by atoms with Crippen molar-refractivity contribution in [3.05, 3.63) is 34.9 Å². The van der Waals surface area contributed by atoms with Gasteiger partial charge in [0.1, 0.15) is 0 Å². The highest BCUT2D eigenvalue weighted by molar-refractivity contribution is 5.80. The number of fused-ring (bicyclic) bond motifs is 1. The third kappa shape index (κ3) is 2.78. The van der Waals surface area contributed by atoms with Crippen molar-refractivity contribution < 1.29 is 9.53 Å². The third-order valence-electron chi connectivity index (χ3n) is 3.69. The number of benzene rings is 1. The molecular weight excluding hydrogens is 238 g/mol. The normalized spacial score (nSPS) is 16.3. The summed E-state index contributed by atoms with van der Waals surface area (Å²) in [6, 6.07) is 8.39. The molecule has 1 aromatic carbocycles. The Bertz CT molecular complexity index is 530. The van der Waals surface area contributed by atoms with Crippen LogP contribution >= 0.6 is 0 Å². The molecule has 1 aliphatic carbocycles. The number of ether oxygens (including phenoxy) is 1. The van der Waals surface area contributed by atoms with Gasteiger partial charge < -0.3 is 4.74 Å². The number of carbonyl (C=O) groups excluding carboxylic acids is 1. The van der Waals surface area contributed by atoms with E-state index in [0.29, 0.717) is 13.0 Å². The lowest BCUT2D eigenvalue weighted by Crippen LogP contribution is -2.30. The fraction of sp³-hybridized carbons (Fsp3) is 0.500. The molecule has 1 atom stereocenters. The molecule has 1 aromatic rings. The first kappa shape index (κ1) is 13.6. The SMILES string of the molecule is CCOC(=O)C(C)(C#N)Cc1ccc2c(c1)CCC2. The fourth-order valence-electron chi connectivity index (χ4n) is 2.59. The van der Waals surface area contributed by atoms with E-state index in [2.05, 4.69) is 18.2 Å². The number of aryl methyl sites for hydroxylation is 2. The summed E-state index contributed by atoms with van der Waals surface area (Å²) < 4.78 is 5.00. The maximum Gasteiger partial charge on any atom is 0.326 e. The molecule has 2 rings (SSSR count). The molecule has 3 nitrogen and oxygen atoms in total. The van der Waals surface area contributed by atoms with E-state index in [1.165, 1.54) is 17.5 Å². The highest BCUT2D eigenvalue weighted by Crippen LogP contribution is 2.28. The number of hydrogen-bond acceptors (Lipinski definition) is 3. The van der Waals surface area contributed by atoms with Crippen molar-refractivity contribution in [1.29, 1.82) is 5.26 Å². The summed E-state index contributed by atoms with van der Waals surface area (Å²) >= 11 is 0. The van der Waals surface area contributed by atoms with Crippen LogP contribution in [0.4, 0.5) is 0 Å². The van der Waals surface area contributed by atoms with E-state index in [9.17, 15) is 10.1 Å². The molecule has 19 heavy (non-hydrogen) atoms. The smallest absolute Gasteiger partial charge is 0.326 e. The lowest BCUT2D eigenvalue weighted by molar-refractivity contribution is -0.151. The first-order valence-corrected chi connectivity index (χ1v) is 6.78. The number of carbonyl (C=O) groups is 1. The molecule has 0 aromatic heterocycles. The zero-order chi connectivity index (χ0) is 13.9. The average molecular weight is 257 g/mol. The Balaban J connectivity index is 2.19. The predicted octanol–water partition coefficient (Wildman–Crippen LogP) is 2.81. The van der Waals surface area contributed by atoms with Gasteiger partial charge in [0, 0.05) is 6.42 Å². The van der Waals surface area contributed by atoms with E-state index in [0.717, 1.165) is 18.4 Å². The molecule has 1 aliphatic rings. The molecule has 3 heteroatoms. The first-order valence-electron chi connectivity index (χ1n) is 6.78. The van der Waals surface area contributed by atoms with Gasteiger partial charge in [-0.3, -0.25) is 4.79 Å². The second kappa shape index (κ2) is 5.44. The average Bonchev–Trinajstić information content (AvgIpc) is 2.86.